The molecular weight excluding hydrogens is 312 g/mol. The minimum atomic E-state index is 0.0491. The number of pyridine rings is 1. The largest absolute Gasteiger partial charge is 0.496 e. The molecule has 0 spiro atoms. The third kappa shape index (κ3) is 2.86. The summed E-state index contributed by atoms with van der Waals surface area (Å²) in [6, 6.07) is 6.35. The molecule has 4 heteroatoms. The van der Waals surface area contributed by atoms with Gasteiger partial charge < -0.3 is 13.9 Å². The number of nitrogens with zero attached hydrogens (tertiary/aromatic N) is 2. The van der Waals surface area contributed by atoms with Crippen molar-refractivity contribution < 1.29 is 9.47 Å². The third-order valence-electron chi connectivity index (χ3n) is 5.19. The number of fused-ring (bicyclic) bond motifs is 1. The van der Waals surface area contributed by atoms with Crippen molar-refractivity contribution in [1.82, 2.24) is 9.38 Å². The predicted molar refractivity (Wildman–Crippen MR) is 102 cm³/mol. The van der Waals surface area contributed by atoms with Crippen molar-refractivity contribution in [2.75, 3.05) is 14.2 Å². The second-order valence-electron chi connectivity index (χ2n) is 7.03. The molecular formula is C21H26N2O2. The van der Waals surface area contributed by atoms with E-state index in [1.807, 2.05) is 23.0 Å². The molecule has 0 fully saturated rings. The third-order valence-corrected chi connectivity index (χ3v) is 5.19. The molecule has 0 radical (unpaired) electrons. The van der Waals surface area contributed by atoms with Crippen molar-refractivity contribution in [2.45, 2.75) is 39.5 Å². The molecule has 0 aliphatic carbocycles. The van der Waals surface area contributed by atoms with Gasteiger partial charge in [0.05, 0.1) is 19.8 Å². The molecule has 0 N–H and O–H groups in total. The van der Waals surface area contributed by atoms with Crippen LogP contribution in [-0.2, 0) is 5.41 Å². The van der Waals surface area contributed by atoms with E-state index in [-0.39, 0.29) is 5.41 Å². The van der Waals surface area contributed by atoms with Crippen molar-refractivity contribution in [2.24, 2.45) is 0 Å². The lowest BCUT2D eigenvalue weighted by Crippen LogP contribution is -2.16. The van der Waals surface area contributed by atoms with Crippen LogP contribution in [0.15, 0.2) is 36.8 Å². The van der Waals surface area contributed by atoms with Crippen LogP contribution < -0.4 is 9.47 Å². The van der Waals surface area contributed by atoms with Gasteiger partial charge in [-0.15, -0.1) is 0 Å². The van der Waals surface area contributed by atoms with Crippen LogP contribution in [0.1, 0.15) is 38.3 Å². The molecule has 0 unspecified atom stereocenters. The van der Waals surface area contributed by atoms with Crippen molar-refractivity contribution in [3.63, 3.8) is 0 Å². The summed E-state index contributed by atoms with van der Waals surface area (Å²) in [6.07, 6.45) is 6.82. The van der Waals surface area contributed by atoms with Crippen LogP contribution in [0.3, 0.4) is 0 Å². The van der Waals surface area contributed by atoms with Crippen LogP contribution >= 0.6 is 0 Å². The maximum Gasteiger partial charge on any atom is 0.145 e. The van der Waals surface area contributed by atoms with Crippen LogP contribution in [0.2, 0.25) is 0 Å². The van der Waals surface area contributed by atoms with Crippen molar-refractivity contribution in [1.29, 1.82) is 0 Å². The van der Waals surface area contributed by atoms with Gasteiger partial charge in [-0.25, -0.2) is 4.98 Å². The lowest BCUT2D eigenvalue weighted by atomic mass is 9.81. The van der Waals surface area contributed by atoms with Gasteiger partial charge in [-0.3, -0.25) is 0 Å². The van der Waals surface area contributed by atoms with Gasteiger partial charge in [-0.05, 0) is 48.1 Å². The topological polar surface area (TPSA) is 35.8 Å². The van der Waals surface area contributed by atoms with E-state index < -0.39 is 0 Å². The monoisotopic (exact) mass is 338 g/mol. The molecule has 132 valence electrons. The van der Waals surface area contributed by atoms with E-state index in [9.17, 15) is 0 Å². The Hall–Kier alpha value is -2.49. The average molecular weight is 338 g/mol. The Morgan fingerprint density at radius 2 is 1.68 bits per heavy atom. The minimum Gasteiger partial charge on any atom is -0.496 e. The normalized spacial score (nSPS) is 11.8. The molecule has 0 bridgehead atoms. The standard InChI is InChI=1S/C21H26N2O2/c1-7-21(3,4)15-12-16(24-5)19(17(13-15)25-6)18-14(2)8-10-23-11-9-22-20(18)23/h8-13H,7H2,1-6H3. The summed E-state index contributed by atoms with van der Waals surface area (Å²) in [5.41, 5.74) is 5.29. The summed E-state index contributed by atoms with van der Waals surface area (Å²) in [6.45, 7) is 8.76. The smallest absolute Gasteiger partial charge is 0.145 e. The molecule has 2 heterocycles. The molecule has 0 atom stereocenters. The molecule has 25 heavy (non-hydrogen) atoms. The molecule has 0 saturated heterocycles. The van der Waals surface area contributed by atoms with Crippen LogP contribution in [-0.4, -0.2) is 23.6 Å². The van der Waals surface area contributed by atoms with Gasteiger partial charge in [0.2, 0.25) is 0 Å². The maximum atomic E-state index is 5.79. The Labute approximate surface area is 149 Å². The lowest BCUT2D eigenvalue weighted by molar-refractivity contribution is 0.392. The van der Waals surface area contributed by atoms with Crippen molar-refractivity contribution in [3.05, 3.63) is 47.9 Å². The molecule has 4 nitrogen and oxygen atoms in total. The first kappa shape index (κ1) is 17.3. The maximum absolute atomic E-state index is 5.79. The summed E-state index contributed by atoms with van der Waals surface area (Å²) in [5, 5.41) is 0. The van der Waals surface area contributed by atoms with E-state index in [1.54, 1.807) is 14.2 Å². The number of hydrogen-bond acceptors (Lipinski definition) is 3. The minimum absolute atomic E-state index is 0.0491. The van der Waals surface area contributed by atoms with Gasteiger partial charge >= 0.3 is 0 Å². The fourth-order valence-electron chi connectivity index (χ4n) is 3.14. The van der Waals surface area contributed by atoms with Crippen molar-refractivity contribution in [3.8, 4) is 22.6 Å². The van der Waals surface area contributed by atoms with E-state index in [0.717, 1.165) is 40.3 Å². The Kier molecular flexibility index (Phi) is 4.46. The van der Waals surface area contributed by atoms with E-state index in [2.05, 4.69) is 50.9 Å². The summed E-state index contributed by atoms with van der Waals surface area (Å²) in [5.74, 6) is 1.63. The first-order chi connectivity index (χ1) is 11.9. The zero-order valence-electron chi connectivity index (χ0n) is 15.9. The highest BCUT2D eigenvalue weighted by Crippen LogP contribution is 2.45. The number of benzene rings is 1. The molecule has 3 rings (SSSR count). The van der Waals surface area contributed by atoms with E-state index in [0.29, 0.717) is 0 Å². The van der Waals surface area contributed by atoms with Crippen LogP contribution in [0, 0.1) is 6.92 Å². The SMILES string of the molecule is CCC(C)(C)c1cc(OC)c(-c2c(C)ccn3ccnc23)c(OC)c1. The summed E-state index contributed by atoms with van der Waals surface area (Å²) in [4.78, 5) is 4.55. The molecule has 0 amide bonds. The Morgan fingerprint density at radius 3 is 2.24 bits per heavy atom. The Morgan fingerprint density at radius 1 is 1.04 bits per heavy atom. The molecule has 2 aromatic heterocycles. The van der Waals surface area contributed by atoms with Crippen LogP contribution in [0.25, 0.3) is 16.8 Å². The van der Waals surface area contributed by atoms with E-state index in [4.69, 9.17) is 9.47 Å². The fourth-order valence-corrected chi connectivity index (χ4v) is 3.14. The van der Waals surface area contributed by atoms with Crippen LogP contribution in [0.4, 0.5) is 0 Å². The number of rotatable bonds is 5. The first-order valence-electron chi connectivity index (χ1n) is 8.62. The highest BCUT2D eigenvalue weighted by atomic mass is 16.5. The number of aryl methyl sites for hydroxylation is 1. The summed E-state index contributed by atoms with van der Waals surface area (Å²) in [7, 11) is 3.42. The zero-order chi connectivity index (χ0) is 18.2. The van der Waals surface area contributed by atoms with Gasteiger partial charge in [0.15, 0.2) is 0 Å². The van der Waals surface area contributed by atoms with Gasteiger partial charge in [0.1, 0.15) is 17.1 Å². The Bertz CT molecular complexity index is 884. The van der Waals surface area contributed by atoms with Crippen LogP contribution in [0.5, 0.6) is 11.5 Å². The van der Waals surface area contributed by atoms with Gasteiger partial charge in [-0.2, -0.15) is 0 Å². The van der Waals surface area contributed by atoms with Crippen molar-refractivity contribution >= 4 is 5.65 Å². The number of hydrogen-bond donors (Lipinski definition) is 0. The number of aromatic nitrogens is 2. The zero-order valence-corrected chi connectivity index (χ0v) is 15.9. The second kappa shape index (κ2) is 6.43. The lowest BCUT2D eigenvalue weighted by Gasteiger charge is -2.26. The summed E-state index contributed by atoms with van der Waals surface area (Å²) < 4.78 is 13.6. The van der Waals surface area contributed by atoms with Gasteiger partial charge in [-0.1, -0.05) is 20.8 Å². The Balaban J connectivity index is 2.35. The number of ether oxygens (including phenoxy) is 2. The molecule has 3 aromatic rings. The average Bonchev–Trinajstić information content (AvgIpc) is 3.09. The van der Waals surface area contributed by atoms with Gasteiger partial charge in [0, 0.05) is 24.2 Å². The molecule has 0 aliphatic rings. The van der Waals surface area contributed by atoms with Gasteiger partial charge in [0.25, 0.3) is 0 Å². The molecule has 1 aromatic carbocycles. The highest BCUT2D eigenvalue weighted by molar-refractivity contribution is 5.88. The fraction of sp³-hybridized carbons (Fsp3) is 0.381. The number of imidazole rings is 1. The predicted octanol–water partition coefficient (Wildman–Crippen LogP) is 5.01. The second-order valence-corrected chi connectivity index (χ2v) is 7.03. The van der Waals surface area contributed by atoms with E-state index >= 15 is 0 Å². The summed E-state index contributed by atoms with van der Waals surface area (Å²) >= 11 is 0. The quantitative estimate of drug-likeness (QED) is 0.656. The first-order valence-corrected chi connectivity index (χ1v) is 8.62. The molecule has 0 saturated carbocycles. The molecule has 0 aliphatic heterocycles. The van der Waals surface area contributed by atoms with E-state index in [1.165, 1.54) is 5.56 Å². The highest BCUT2D eigenvalue weighted by Gasteiger charge is 2.25. The number of methoxy groups -OCH3 is 2.